The molecule has 0 spiro atoms. The van der Waals surface area contributed by atoms with E-state index < -0.39 is 11.6 Å². The largest absolute Gasteiger partial charge is 0.324 e. The molecule has 0 fully saturated rings. The maximum atomic E-state index is 13.7. The Kier molecular flexibility index (Phi) is 7.63. The molecule has 0 radical (unpaired) electrons. The van der Waals surface area contributed by atoms with Gasteiger partial charge in [0.15, 0.2) is 5.15 Å². The second-order valence-corrected chi connectivity index (χ2v) is 10.2. The fourth-order valence-electron chi connectivity index (χ4n) is 4.57. The van der Waals surface area contributed by atoms with Gasteiger partial charge in [-0.1, -0.05) is 58.7 Å². The van der Waals surface area contributed by atoms with E-state index in [9.17, 15) is 9.59 Å². The molecule has 1 unspecified atom stereocenters. The molecule has 1 N–H and O–H groups in total. The average Bonchev–Trinajstić information content (AvgIpc) is 3.69. The summed E-state index contributed by atoms with van der Waals surface area (Å²) in [6, 6.07) is 22.5. The Morgan fingerprint density at radius 3 is 2.45 bits per heavy atom. The average molecular weight is 597 g/mol. The van der Waals surface area contributed by atoms with Crippen molar-refractivity contribution in [2.75, 3.05) is 5.32 Å². The SMILES string of the molecule is O=C(Nc1ccc(-n2ccnc2)cc1)C(Cc1ccccc1)n1cnc(-c2cc(Cl)ccc2-n2cc(Cl)nn2)cc1=O. The first-order valence-corrected chi connectivity index (χ1v) is 13.6. The van der Waals surface area contributed by atoms with Crippen molar-refractivity contribution in [3.63, 3.8) is 0 Å². The van der Waals surface area contributed by atoms with Crippen LogP contribution in [0.15, 0.2) is 115 Å². The van der Waals surface area contributed by atoms with E-state index in [4.69, 9.17) is 23.2 Å². The Hall–Kier alpha value is -5.06. The van der Waals surface area contributed by atoms with Crippen molar-refractivity contribution in [1.82, 2.24) is 34.1 Å². The van der Waals surface area contributed by atoms with Gasteiger partial charge in [0.1, 0.15) is 6.04 Å². The zero-order chi connectivity index (χ0) is 29.1. The van der Waals surface area contributed by atoms with Crippen LogP contribution in [0.25, 0.3) is 22.6 Å². The monoisotopic (exact) mass is 596 g/mol. The van der Waals surface area contributed by atoms with Crippen LogP contribution in [-0.4, -0.2) is 40.0 Å². The van der Waals surface area contributed by atoms with Gasteiger partial charge < -0.3 is 9.88 Å². The van der Waals surface area contributed by atoms with Crippen molar-refractivity contribution in [2.24, 2.45) is 0 Å². The first-order chi connectivity index (χ1) is 20.4. The molecule has 1 atom stereocenters. The lowest BCUT2D eigenvalue weighted by atomic mass is 10.0. The zero-order valence-electron chi connectivity index (χ0n) is 21.9. The number of aromatic nitrogens is 7. The van der Waals surface area contributed by atoms with Crippen molar-refractivity contribution in [3.8, 4) is 22.6 Å². The Labute approximate surface area is 249 Å². The second kappa shape index (κ2) is 11.8. The number of halogens is 2. The third-order valence-corrected chi connectivity index (χ3v) is 7.04. The van der Waals surface area contributed by atoms with E-state index in [0.29, 0.717) is 27.7 Å². The molecule has 3 aromatic heterocycles. The van der Waals surface area contributed by atoms with Crippen molar-refractivity contribution in [3.05, 3.63) is 136 Å². The molecule has 1 amide bonds. The maximum absolute atomic E-state index is 13.7. The van der Waals surface area contributed by atoms with E-state index in [-0.39, 0.29) is 17.5 Å². The molecule has 0 aliphatic rings. The molecule has 0 bridgehead atoms. The minimum absolute atomic E-state index is 0.213. The lowest BCUT2D eigenvalue weighted by Gasteiger charge is -2.20. The first-order valence-electron chi connectivity index (χ1n) is 12.8. The quantitative estimate of drug-likeness (QED) is 0.251. The standard InChI is InChI=1S/C30H22Cl2N8O2/c31-21-6-11-26(40-17-28(32)36-37-40)24(15-21)25-16-29(41)39(19-34-25)27(14-20-4-2-1-3-5-20)30(42)35-22-7-9-23(10-8-22)38-13-12-33-18-38/h1-13,15-19,27H,14H2,(H,35,42). The number of amides is 1. The third kappa shape index (κ3) is 5.85. The van der Waals surface area contributed by atoms with E-state index in [1.54, 1.807) is 42.9 Å². The molecule has 0 aliphatic heterocycles. The van der Waals surface area contributed by atoms with Gasteiger partial charge in [0.25, 0.3) is 5.56 Å². The van der Waals surface area contributed by atoms with Gasteiger partial charge >= 0.3 is 0 Å². The Balaban J connectivity index is 1.33. The molecule has 6 aromatic rings. The fourth-order valence-corrected chi connectivity index (χ4v) is 4.87. The number of benzene rings is 3. The highest BCUT2D eigenvalue weighted by molar-refractivity contribution is 6.31. The van der Waals surface area contributed by atoms with Gasteiger partial charge in [-0.15, -0.1) is 5.10 Å². The molecule has 3 heterocycles. The Morgan fingerprint density at radius 2 is 1.76 bits per heavy atom. The highest BCUT2D eigenvalue weighted by Gasteiger charge is 2.24. The summed E-state index contributed by atoms with van der Waals surface area (Å²) in [4.78, 5) is 35.8. The summed E-state index contributed by atoms with van der Waals surface area (Å²) in [5.74, 6) is -0.355. The number of nitrogens with zero attached hydrogens (tertiary/aromatic N) is 7. The van der Waals surface area contributed by atoms with Gasteiger partial charge in [-0.2, -0.15) is 0 Å². The van der Waals surface area contributed by atoms with Crippen LogP contribution < -0.4 is 10.9 Å². The molecule has 10 nitrogen and oxygen atoms in total. The number of nitrogens with one attached hydrogen (secondary N) is 1. The van der Waals surface area contributed by atoms with Gasteiger partial charge in [0.05, 0.1) is 30.2 Å². The van der Waals surface area contributed by atoms with Gasteiger partial charge in [-0.25, -0.2) is 14.6 Å². The van der Waals surface area contributed by atoms with Crippen molar-refractivity contribution >= 4 is 34.8 Å². The second-order valence-electron chi connectivity index (χ2n) is 9.38. The van der Waals surface area contributed by atoms with Gasteiger partial charge in [0, 0.05) is 46.8 Å². The van der Waals surface area contributed by atoms with Crippen LogP contribution in [0.2, 0.25) is 10.2 Å². The summed E-state index contributed by atoms with van der Waals surface area (Å²) in [6.07, 6.45) is 8.42. The van der Waals surface area contributed by atoms with Crippen LogP contribution in [0.1, 0.15) is 11.6 Å². The molecule has 208 valence electrons. The lowest BCUT2D eigenvalue weighted by Crippen LogP contribution is -2.34. The highest BCUT2D eigenvalue weighted by atomic mass is 35.5. The van der Waals surface area contributed by atoms with E-state index >= 15 is 0 Å². The third-order valence-electron chi connectivity index (χ3n) is 6.63. The molecule has 0 saturated carbocycles. The summed E-state index contributed by atoms with van der Waals surface area (Å²) in [5, 5.41) is 11.5. The summed E-state index contributed by atoms with van der Waals surface area (Å²) < 4.78 is 4.67. The summed E-state index contributed by atoms with van der Waals surface area (Å²) in [7, 11) is 0. The number of hydrogen-bond acceptors (Lipinski definition) is 6. The molecule has 42 heavy (non-hydrogen) atoms. The first kappa shape index (κ1) is 27.1. The number of imidazole rings is 1. The van der Waals surface area contributed by atoms with Crippen LogP contribution >= 0.6 is 23.2 Å². The van der Waals surface area contributed by atoms with Crippen molar-refractivity contribution in [1.29, 1.82) is 0 Å². The molecule has 0 saturated heterocycles. The van der Waals surface area contributed by atoms with Crippen LogP contribution in [-0.2, 0) is 11.2 Å². The minimum Gasteiger partial charge on any atom is -0.324 e. The van der Waals surface area contributed by atoms with Gasteiger partial charge in [-0.05, 0) is 48.0 Å². The number of carbonyl (C=O) groups is 1. The van der Waals surface area contributed by atoms with Crippen molar-refractivity contribution in [2.45, 2.75) is 12.5 Å². The molecule has 0 aliphatic carbocycles. The van der Waals surface area contributed by atoms with Crippen LogP contribution in [0.5, 0.6) is 0 Å². The smallest absolute Gasteiger partial charge is 0.254 e. The Bertz CT molecular complexity index is 1900. The molecule has 3 aromatic carbocycles. The number of carbonyl (C=O) groups excluding carboxylic acids is 1. The molecule has 6 rings (SSSR count). The van der Waals surface area contributed by atoms with Crippen LogP contribution in [0.4, 0.5) is 5.69 Å². The lowest BCUT2D eigenvalue weighted by molar-refractivity contribution is -0.119. The minimum atomic E-state index is -0.872. The predicted octanol–water partition coefficient (Wildman–Crippen LogP) is 5.41. The molecule has 12 heteroatoms. The van der Waals surface area contributed by atoms with Gasteiger partial charge in [-0.3, -0.25) is 14.2 Å². The van der Waals surface area contributed by atoms with Gasteiger partial charge in [0.2, 0.25) is 5.91 Å². The van der Waals surface area contributed by atoms with Crippen molar-refractivity contribution < 1.29 is 4.79 Å². The highest BCUT2D eigenvalue weighted by Crippen LogP contribution is 2.28. The van der Waals surface area contributed by atoms with E-state index in [1.807, 2.05) is 53.2 Å². The summed E-state index contributed by atoms with van der Waals surface area (Å²) in [6.45, 7) is 0. The Morgan fingerprint density at radius 1 is 0.952 bits per heavy atom. The predicted molar refractivity (Wildman–Crippen MR) is 160 cm³/mol. The zero-order valence-corrected chi connectivity index (χ0v) is 23.4. The summed E-state index contributed by atoms with van der Waals surface area (Å²) in [5.41, 5.74) is 3.47. The normalized spacial score (nSPS) is 11.8. The molecular formula is C30H22Cl2N8O2. The number of hydrogen-bond donors (Lipinski definition) is 1. The molecular weight excluding hydrogens is 575 g/mol. The fraction of sp³-hybridized carbons (Fsp3) is 0.0667. The van der Waals surface area contributed by atoms with Crippen LogP contribution in [0, 0.1) is 0 Å². The summed E-state index contributed by atoms with van der Waals surface area (Å²) >= 11 is 12.3. The number of anilines is 1. The van der Waals surface area contributed by atoms with E-state index in [1.165, 1.54) is 27.8 Å². The van der Waals surface area contributed by atoms with E-state index in [2.05, 4.69) is 25.6 Å². The van der Waals surface area contributed by atoms with E-state index in [0.717, 1.165) is 11.3 Å². The van der Waals surface area contributed by atoms with Crippen LogP contribution in [0.3, 0.4) is 0 Å². The topological polar surface area (TPSA) is 113 Å². The maximum Gasteiger partial charge on any atom is 0.254 e. The number of rotatable bonds is 8.